The van der Waals surface area contributed by atoms with Crippen LogP contribution in [0.15, 0.2) is 36.5 Å². The van der Waals surface area contributed by atoms with E-state index in [9.17, 15) is 40.5 Å². The van der Waals surface area contributed by atoms with Gasteiger partial charge in [-0.25, -0.2) is 0 Å². The van der Waals surface area contributed by atoms with Crippen molar-refractivity contribution in [2.24, 2.45) is 0 Å². The van der Waals surface area contributed by atoms with Gasteiger partial charge in [-0.1, -0.05) is 185 Å². The molecule has 1 saturated heterocycles. The van der Waals surface area contributed by atoms with Crippen LogP contribution in [0.25, 0.3) is 0 Å². The van der Waals surface area contributed by atoms with E-state index >= 15 is 0 Å². The molecule has 0 aliphatic carbocycles. The molecule has 62 heavy (non-hydrogen) atoms. The first-order valence-corrected chi connectivity index (χ1v) is 25.4. The van der Waals surface area contributed by atoms with E-state index in [-0.39, 0.29) is 12.8 Å². The van der Waals surface area contributed by atoms with E-state index in [1.165, 1.54) is 128 Å². The second kappa shape index (κ2) is 40.8. The van der Waals surface area contributed by atoms with Crippen molar-refractivity contribution in [3.05, 3.63) is 36.5 Å². The second-order valence-electron chi connectivity index (χ2n) is 17.9. The third kappa shape index (κ3) is 29.7. The smallest absolute Gasteiger partial charge is 0.249 e. The van der Waals surface area contributed by atoms with Crippen molar-refractivity contribution in [2.45, 2.75) is 268 Å². The predicted molar refractivity (Wildman–Crippen MR) is 252 cm³/mol. The van der Waals surface area contributed by atoms with Crippen LogP contribution >= 0.6 is 0 Å². The van der Waals surface area contributed by atoms with Gasteiger partial charge in [0, 0.05) is 0 Å². The average Bonchev–Trinajstić information content (AvgIpc) is 3.27. The maximum absolute atomic E-state index is 13.1. The standard InChI is InChI=1S/C51H95NO10/c1-3-5-7-9-11-13-15-17-19-21-23-25-27-29-31-33-35-37-39-44(55)50(60)52-42(41-61-51-49(59)48(58)47(57)45(40-53)62-51)46(56)43(54)38-36-34-32-30-28-26-24-22-20-18-16-14-12-10-8-6-4-2/h11,13,15,17,30,32,42-49,51,53-59H,3-10,12,14,16,18-29,31,33-41H2,1-2H3,(H,52,60)/b13-11-,17-15-,32-30+. The number of hydrogen-bond acceptors (Lipinski definition) is 10. The van der Waals surface area contributed by atoms with Crippen LogP contribution in [0.1, 0.15) is 213 Å². The quantitative estimate of drug-likeness (QED) is 0.0167. The summed E-state index contributed by atoms with van der Waals surface area (Å²) in [5.41, 5.74) is 0. The van der Waals surface area contributed by atoms with Crippen LogP contribution in [0.4, 0.5) is 0 Å². The minimum atomic E-state index is -1.67. The molecule has 9 atom stereocenters. The fourth-order valence-corrected chi connectivity index (χ4v) is 7.96. The highest BCUT2D eigenvalue weighted by molar-refractivity contribution is 5.80. The Morgan fingerprint density at radius 2 is 1.00 bits per heavy atom. The Hall–Kier alpha value is -1.67. The van der Waals surface area contributed by atoms with Gasteiger partial charge >= 0.3 is 0 Å². The molecule has 1 aliphatic rings. The maximum Gasteiger partial charge on any atom is 0.249 e. The first-order valence-electron chi connectivity index (χ1n) is 25.4. The summed E-state index contributed by atoms with van der Waals surface area (Å²) in [6, 6.07) is -1.19. The van der Waals surface area contributed by atoms with Crippen LogP contribution in [0, 0.1) is 0 Å². The van der Waals surface area contributed by atoms with Crippen LogP contribution in [-0.4, -0.2) is 110 Å². The summed E-state index contributed by atoms with van der Waals surface area (Å²) < 4.78 is 11.1. The number of rotatable bonds is 42. The van der Waals surface area contributed by atoms with E-state index in [2.05, 4.69) is 55.6 Å². The van der Waals surface area contributed by atoms with Crippen molar-refractivity contribution >= 4 is 5.91 Å². The predicted octanol–water partition coefficient (Wildman–Crippen LogP) is 9.17. The monoisotopic (exact) mass is 882 g/mol. The van der Waals surface area contributed by atoms with E-state index in [4.69, 9.17) is 9.47 Å². The minimum absolute atomic E-state index is 0.248. The van der Waals surface area contributed by atoms with Gasteiger partial charge in [-0.15, -0.1) is 0 Å². The Morgan fingerprint density at radius 1 is 0.565 bits per heavy atom. The Morgan fingerprint density at radius 3 is 1.52 bits per heavy atom. The van der Waals surface area contributed by atoms with Gasteiger partial charge in [0.15, 0.2) is 6.29 Å². The minimum Gasteiger partial charge on any atom is -0.394 e. The first-order chi connectivity index (χ1) is 30.2. The number of hydrogen-bond donors (Lipinski definition) is 8. The van der Waals surface area contributed by atoms with Crippen LogP contribution in [-0.2, 0) is 14.3 Å². The van der Waals surface area contributed by atoms with Crippen molar-refractivity contribution in [1.82, 2.24) is 5.32 Å². The number of unbranched alkanes of at least 4 members (excludes halogenated alkanes) is 25. The first kappa shape index (κ1) is 58.3. The lowest BCUT2D eigenvalue weighted by Crippen LogP contribution is -2.60. The van der Waals surface area contributed by atoms with Gasteiger partial charge in [-0.2, -0.15) is 0 Å². The summed E-state index contributed by atoms with van der Waals surface area (Å²) in [7, 11) is 0. The van der Waals surface area contributed by atoms with Gasteiger partial charge in [0.2, 0.25) is 5.91 Å². The number of carbonyl (C=O) groups excluding carboxylic acids is 1. The van der Waals surface area contributed by atoms with Gasteiger partial charge in [0.1, 0.15) is 36.6 Å². The third-order valence-electron chi connectivity index (χ3n) is 12.2. The highest BCUT2D eigenvalue weighted by Gasteiger charge is 2.44. The number of aliphatic hydroxyl groups excluding tert-OH is 7. The molecule has 0 radical (unpaired) electrons. The molecule has 11 nitrogen and oxygen atoms in total. The highest BCUT2D eigenvalue weighted by Crippen LogP contribution is 2.23. The molecule has 1 rings (SSSR count). The van der Waals surface area contributed by atoms with Gasteiger partial charge < -0.3 is 50.5 Å². The molecule has 0 bridgehead atoms. The Balaban J connectivity index is 2.43. The largest absolute Gasteiger partial charge is 0.394 e. The van der Waals surface area contributed by atoms with Crippen LogP contribution in [0.3, 0.4) is 0 Å². The molecule has 9 unspecified atom stereocenters. The van der Waals surface area contributed by atoms with Crippen LogP contribution < -0.4 is 5.32 Å². The molecule has 0 aromatic heterocycles. The second-order valence-corrected chi connectivity index (χ2v) is 17.9. The number of aliphatic hydroxyl groups is 7. The van der Waals surface area contributed by atoms with Crippen molar-refractivity contribution in [2.75, 3.05) is 13.2 Å². The molecule has 0 spiro atoms. The van der Waals surface area contributed by atoms with E-state index in [0.717, 1.165) is 44.9 Å². The third-order valence-corrected chi connectivity index (χ3v) is 12.2. The lowest BCUT2D eigenvalue weighted by atomic mass is 9.98. The van der Waals surface area contributed by atoms with Crippen molar-refractivity contribution in [3.63, 3.8) is 0 Å². The fourth-order valence-electron chi connectivity index (χ4n) is 7.96. The molecule has 11 heteroatoms. The summed E-state index contributed by atoms with van der Waals surface area (Å²) in [4.78, 5) is 13.1. The van der Waals surface area contributed by atoms with E-state index in [1.807, 2.05) is 0 Å². The number of allylic oxidation sites excluding steroid dienone is 6. The van der Waals surface area contributed by atoms with E-state index < -0.39 is 74.2 Å². The summed E-state index contributed by atoms with van der Waals surface area (Å²) in [5, 5.41) is 75.8. The molecule has 0 aromatic carbocycles. The van der Waals surface area contributed by atoms with Crippen LogP contribution in [0.5, 0.6) is 0 Å². The summed E-state index contributed by atoms with van der Waals surface area (Å²) in [6.07, 6.45) is 36.1. The van der Waals surface area contributed by atoms with Crippen molar-refractivity contribution in [3.8, 4) is 0 Å². The van der Waals surface area contributed by atoms with Gasteiger partial charge in [-0.05, 0) is 64.2 Å². The van der Waals surface area contributed by atoms with Gasteiger partial charge in [0.25, 0.3) is 0 Å². The zero-order chi connectivity index (χ0) is 45.5. The molecule has 8 N–H and O–H groups in total. The molecule has 364 valence electrons. The maximum atomic E-state index is 13.1. The van der Waals surface area contributed by atoms with E-state index in [1.54, 1.807) is 0 Å². The Kier molecular flexibility index (Phi) is 38.4. The summed E-state index contributed by atoms with van der Waals surface area (Å²) in [6.45, 7) is 3.41. The average molecular weight is 882 g/mol. The summed E-state index contributed by atoms with van der Waals surface area (Å²) >= 11 is 0. The molecular formula is C51H95NO10. The van der Waals surface area contributed by atoms with Crippen molar-refractivity contribution < 1.29 is 50.0 Å². The molecule has 1 amide bonds. The molecular weight excluding hydrogens is 787 g/mol. The normalized spacial score (nSPS) is 21.6. The lowest BCUT2D eigenvalue weighted by molar-refractivity contribution is -0.303. The summed E-state index contributed by atoms with van der Waals surface area (Å²) in [5.74, 6) is -0.711. The fraction of sp³-hybridized carbons (Fsp3) is 0.863. The van der Waals surface area contributed by atoms with Gasteiger partial charge in [0.05, 0.1) is 25.4 Å². The van der Waals surface area contributed by atoms with Crippen LogP contribution in [0.2, 0.25) is 0 Å². The number of nitrogens with one attached hydrogen (secondary N) is 1. The molecule has 0 saturated carbocycles. The zero-order valence-corrected chi connectivity index (χ0v) is 39.4. The van der Waals surface area contributed by atoms with Gasteiger partial charge in [-0.3, -0.25) is 4.79 Å². The Bertz CT molecular complexity index is 1100. The van der Waals surface area contributed by atoms with E-state index in [0.29, 0.717) is 12.8 Å². The lowest BCUT2D eigenvalue weighted by Gasteiger charge is -2.40. The number of carbonyl (C=O) groups is 1. The highest BCUT2D eigenvalue weighted by atomic mass is 16.7. The Labute approximate surface area is 377 Å². The molecule has 0 aromatic rings. The SMILES string of the molecule is CCCCC/C=C\C=C/CCCCCCCCCCCC(O)C(=O)NC(COC1OC(CO)C(O)C(O)C1O)C(O)C(O)CCC/C=C/CCCCCCCCCCCCCC. The number of ether oxygens (including phenoxy) is 2. The number of amides is 1. The molecule has 1 aliphatic heterocycles. The topological polar surface area (TPSA) is 189 Å². The van der Waals surface area contributed by atoms with Crippen molar-refractivity contribution in [1.29, 1.82) is 0 Å². The molecule has 1 heterocycles. The zero-order valence-electron chi connectivity index (χ0n) is 39.4. The molecule has 1 fully saturated rings.